The Kier molecular flexibility index (Phi) is 5.41. The Balaban J connectivity index is 0.00000147. The van der Waals surface area contributed by atoms with Crippen molar-refractivity contribution in [1.29, 1.82) is 0 Å². The van der Waals surface area contributed by atoms with Gasteiger partial charge in [0, 0.05) is 13.1 Å². The van der Waals surface area contributed by atoms with Crippen LogP contribution >= 0.6 is 12.4 Å². The van der Waals surface area contributed by atoms with Crippen LogP contribution in [0, 0.1) is 5.92 Å². The van der Waals surface area contributed by atoms with E-state index in [9.17, 15) is 0 Å². The van der Waals surface area contributed by atoms with Crippen molar-refractivity contribution in [1.82, 2.24) is 4.90 Å². The van der Waals surface area contributed by atoms with Gasteiger partial charge in [-0.2, -0.15) is 0 Å². The molecule has 1 aliphatic rings. The first-order chi connectivity index (χ1) is 9.36. The number of nitrogens with two attached hydrogens (primary N) is 1. The summed E-state index contributed by atoms with van der Waals surface area (Å²) in [5.74, 6) is 0.684. The molecule has 0 bridgehead atoms. The third-order valence-corrected chi connectivity index (χ3v) is 4.21. The lowest BCUT2D eigenvalue weighted by Crippen LogP contribution is -2.37. The quantitative estimate of drug-likeness (QED) is 0.938. The third kappa shape index (κ3) is 3.32. The summed E-state index contributed by atoms with van der Waals surface area (Å²) >= 11 is 0. The molecule has 0 radical (unpaired) electrons. The van der Waals surface area contributed by atoms with Gasteiger partial charge in [-0.1, -0.05) is 42.5 Å². The minimum atomic E-state index is 0. The van der Waals surface area contributed by atoms with Gasteiger partial charge in [0.25, 0.3) is 0 Å². The van der Waals surface area contributed by atoms with E-state index in [1.54, 1.807) is 0 Å². The molecule has 1 unspecified atom stereocenters. The fourth-order valence-electron chi connectivity index (χ4n) is 3.16. The first-order valence-corrected chi connectivity index (χ1v) is 7.26. The van der Waals surface area contributed by atoms with Gasteiger partial charge in [0.1, 0.15) is 0 Å². The van der Waals surface area contributed by atoms with Crippen LogP contribution in [0.2, 0.25) is 0 Å². The maximum Gasteiger partial charge on any atom is 0.0240 e. The Labute approximate surface area is 127 Å². The van der Waals surface area contributed by atoms with E-state index in [2.05, 4.69) is 47.4 Å². The number of benzene rings is 2. The zero-order valence-electron chi connectivity index (χ0n) is 11.8. The molecule has 2 N–H and O–H groups in total. The summed E-state index contributed by atoms with van der Waals surface area (Å²) in [5.41, 5.74) is 7.26. The van der Waals surface area contributed by atoms with Crippen molar-refractivity contribution >= 4 is 23.2 Å². The number of likely N-dealkylation sites (tertiary alicyclic amines) is 1. The standard InChI is InChI=1S/C17H22N2.ClH/c18-11-14-5-4-10-19(12-14)13-16-8-3-7-15-6-1-2-9-17(15)16;/h1-3,6-9,14H,4-5,10-13,18H2;1H. The predicted octanol–water partition coefficient (Wildman–Crippen LogP) is 3.43. The molecule has 0 saturated carbocycles. The second-order valence-electron chi connectivity index (χ2n) is 5.62. The van der Waals surface area contributed by atoms with Crippen LogP contribution < -0.4 is 5.73 Å². The molecule has 1 atom stereocenters. The zero-order valence-corrected chi connectivity index (χ0v) is 12.6. The molecule has 3 heteroatoms. The fourth-order valence-corrected chi connectivity index (χ4v) is 3.16. The van der Waals surface area contributed by atoms with Crippen LogP contribution in [0.5, 0.6) is 0 Å². The number of hydrogen-bond donors (Lipinski definition) is 1. The minimum absolute atomic E-state index is 0. The van der Waals surface area contributed by atoms with Crippen LogP contribution in [0.4, 0.5) is 0 Å². The number of piperidine rings is 1. The largest absolute Gasteiger partial charge is 0.330 e. The highest BCUT2D eigenvalue weighted by Crippen LogP contribution is 2.22. The van der Waals surface area contributed by atoms with E-state index in [1.807, 2.05) is 0 Å². The molecule has 0 aromatic heterocycles. The highest BCUT2D eigenvalue weighted by atomic mass is 35.5. The monoisotopic (exact) mass is 290 g/mol. The van der Waals surface area contributed by atoms with E-state index in [1.165, 1.54) is 35.7 Å². The van der Waals surface area contributed by atoms with Crippen LogP contribution in [0.15, 0.2) is 42.5 Å². The summed E-state index contributed by atoms with van der Waals surface area (Å²) < 4.78 is 0. The number of rotatable bonds is 3. The lowest BCUT2D eigenvalue weighted by molar-refractivity contribution is 0.171. The minimum Gasteiger partial charge on any atom is -0.330 e. The molecule has 2 aromatic rings. The van der Waals surface area contributed by atoms with Gasteiger partial charge in [0.15, 0.2) is 0 Å². The van der Waals surface area contributed by atoms with Gasteiger partial charge in [-0.15, -0.1) is 12.4 Å². The van der Waals surface area contributed by atoms with Gasteiger partial charge < -0.3 is 5.73 Å². The molecule has 0 spiro atoms. The van der Waals surface area contributed by atoms with Crippen LogP contribution in [-0.2, 0) is 6.54 Å². The van der Waals surface area contributed by atoms with Crippen LogP contribution in [0.1, 0.15) is 18.4 Å². The summed E-state index contributed by atoms with van der Waals surface area (Å²) in [7, 11) is 0. The van der Waals surface area contributed by atoms with Crippen LogP contribution in [-0.4, -0.2) is 24.5 Å². The lowest BCUT2D eigenvalue weighted by Gasteiger charge is -2.32. The average molecular weight is 291 g/mol. The van der Waals surface area contributed by atoms with Gasteiger partial charge in [0.2, 0.25) is 0 Å². The Morgan fingerprint density at radius 2 is 1.90 bits per heavy atom. The summed E-state index contributed by atoms with van der Waals surface area (Å²) in [4.78, 5) is 2.56. The number of hydrogen-bond acceptors (Lipinski definition) is 2. The van der Waals surface area contributed by atoms with E-state index in [4.69, 9.17) is 5.73 Å². The van der Waals surface area contributed by atoms with Gasteiger partial charge in [-0.05, 0) is 48.2 Å². The number of halogens is 1. The van der Waals surface area contributed by atoms with Crippen LogP contribution in [0.25, 0.3) is 10.8 Å². The van der Waals surface area contributed by atoms with E-state index in [0.717, 1.165) is 19.6 Å². The fraction of sp³-hybridized carbons (Fsp3) is 0.412. The molecule has 1 saturated heterocycles. The van der Waals surface area contributed by atoms with Crippen molar-refractivity contribution in [2.24, 2.45) is 11.7 Å². The summed E-state index contributed by atoms with van der Waals surface area (Å²) in [6, 6.07) is 15.3. The highest BCUT2D eigenvalue weighted by molar-refractivity contribution is 5.85. The van der Waals surface area contributed by atoms with Crippen molar-refractivity contribution in [2.75, 3.05) is 19.6 Å². The van der Waals surface area contributed by atoms with Crippen molar-refractivity contribution in [3.05, 3.63) is 48.0 Å². The lowest BCUT2D eigenvalue weighted by atomic mass is 9.97. The average Bonchev–Trinajstić information content (AvgIpc) is 2.48. The molecular weight excluding hydrogens is 268 g/mol. The molecule has 0 amide bonds. The van der Waals surface area contributed by atoms with E-state index >= 15 is 0 Å². The first kappa shape index (κ1) is 15.3. The second kappa shape index (κ2) is 7.07. The molecule has 1 fully saturated rings. The topological polar surface area (TPSA) is 29.3 Å². The predicted molar refractivity (Wildman–Crippen MR) is 88.3 cm³/mol. The highest BCUT2D eigenvalue weighted by Gasteiger charge is 2.19. The first-order valence-electron chi connectivity index (χ1n) is 7.26. The maximum atomic E-state index is 5.82. The van der Waals surface area contributed by atoms with Crippen molar-refractivity contribution < 1.29 is 0 Å². The Morgan fingerprint density at radius 1 is 1.10 bits per heavy atom. The molecule has 2 aromatic carbocycles. The molecular formula is C17H23ClN2. The number of fused-ring (bicyclic) bond motifs is 1. The van der Waals surface area contributed by atoms with Crippen LogP contribution in [0.3, 0.4) is 0 Å². The van der Waals surface area contributed by atoms with E-state index < -0.39 is 0 Å². The molecule has 1 heterocycles. The van der Waals surface area contributed by atoms with Gasteiger partial charge in [-0.25, -0.2) is 0 Å². The SMILES string of the molecule is Cl.NCC1CCCN(Cc2cccc3ccccc23)C1. The maximum absolute atomic E-state index is 5.82. The summed E-state index contributed by atoms with van der Waals surface area (Å²) in [6.45, 7) is 4.24. The molecule has 0 aliphatic carbocycles. The van der Waals surface area contributed by atoms with Crippen molar-refractivity contribution in [3.63, 3.8) is 0 Å². The van der Waals surface area contributed by atoms with Crippen molar-refractivity contribution in [2.45, 2.75) is 19.4 Å². The van der Waals surface area contributed by atoms with Gasteiger partial charge in [-0.3, -0.25) is 4.90 Å². The summed E-state index contributed by atoms with van der Waals surface area (Å²) in [6.07, 6.45) is 2.58. The Hall–Kier alpha value is -1.09. The Bertz CT molecular complexity index is 550. The van der Waals surface area contributed by atoms with Crippen molar-refractivity contribution in [3.8, 4) is 0 Å². The van der Waals surface area contributed by atoms with E-state index in [-0.39, 0.29) is 12.4 Å². The smallest absolute Gasteiger partial charge is 0.0240 e. The molecule has 108 valence electrons. The molecule has 20 heavy (non-hydrogen) atoms. The zero-order chi connectivity index (χ0) is 13.1. The van der Waals surface area contributed by atoms with Gasteiger partial charge >= 0.3 is 0 Å². The van der Waals surface area contributed by atoms with E-state index in [0.29, 0.717) is 5.92 Å². The molecule has 2 nitrogen and oxygen atoms in total. The second-order valence-corrected chi connectivity index (χ2v) is 5.62. The number of nitrogens with zero attached hydrogens (tertiary/aromatic N) is 1. The molecule has 1 aliphatic heterocycles. The third-order valence-electron chi connectivity index (χ3n) is 4.21. The van der Waals surface area contributed by atoms with Gasteiger partial charge in [0.05, 0.1) is 0 Å². The molecule has 3 rings (SSSR count). The Morgan fingerprint density at radius 3 is 2.75 bits per heavy atom. The normalized spacial score (nSPS) is 19.8. The summed E-state index contributed by atoms with van der Waals surface area (Å²) in [5, 5.41) is 2.73.